The van der Waals surface area contributed by atoms with Crippen LogP contribution in [0.3, 0.4) is 0 Å². The number of nitrogens with zero attached hydrogens (tertiary/aromatic N) is 3. The highest BCUT2D eigenvalue weighted by Gasteiger charge is 2.15. The number of furan rings is 1. The normalized spacial score (nSPS) is 10.7. The van der Waals surface area contributed by atoms with Crippen molar-refractivity contribution in [3.05, 3.63) is 84.8 Å². The van der Waals surface area contributed by atoms with Crippen LogP contribution in [0.1, 0.15) is 10.6 Å². The van der Waals surface area contributed by atoms with Gasteiger partial charge in [-0.15, -0.1) is 0 Å². The summed E-state index contributed by atoms with van der Waals surface area (Å²) in [5.74, 6) is 0.366. The Kier molecular flexibility index (Phi) is 4.03. The molecule has 4 rings (SSSR count). The summed E-state index contributed by atoms with van der Waals surface area (Å²) in [7, 11) is 0. The number of hydrogen-bond acceptors (Lipinski definition) is 4. The zero-order valence-corrected chi connectivity index (χ0v) is 13.5. The van der Waals surface area contributed by atoms with E-state index in [4.69, 9.17) is 4.42 Å². The molecule has 0 saturated heterocycles. The van der Waals surface area contributed by atoms with E-state index in [1.165, 1.54) is 12.1 Å². The third-order valence-electron chi connectivity index (χ3n) is 3.71. The number of carbonyl (C=O) groups is 1. The van der Waals surface area contributed by atoms with Crippen molar-refractivity contribution in [3.8, 4) is 17.1 Å². The Morgan fingerprint density at radius 3 is 2.65 bits per heavy atom. The predicted molar refractivity (Wildman–Crippen MR) is 93.4 cm³/mol. The van der Waals surface area contributed by atoms with Crippen molar-refractivity contribution in [2.24, 2.45) is 0 Å². The molecule has 0 atom stereocenters. The minimum Gasteiger partial charge on any atom is -0.451 e. The van der Waals surface area contributed by atoms with E-state index in [1.807, 2.05) is 0 Å². The van der Waals surface area contributed by atoms with E-state index in [9.17, 15) is 9.18 Å². The van der Waals surface area contributed by atoms with Crippen molar-refractivity contribution in [1.82, 2.24) is 14.8 Å². The lowest BCUT2D eigenvalue weighted by Gasteiger charge is -2.08. The Bertz CT molecular complexity index is 1040. The van der Waals surface area contributed by atoms with Gasteiger partial charge in [0.2, 0.25) is 0 Å². The number of nitrogens with one attached hydrogen (secondary N) is 1. The fraction of sp³-hybridized carbons (Fsp3) is 0. The molecular formula is C19H13FN4O2. The summed E-state index contributed by atoms with van der Waals surface area (Å²) in [5.41, 5.74) is 1.19. The number of halogens is 1. The first-order chi connectivity index (χ1) is 12.7. The number of benzene rings is 1. The van der Waals surface area contributed by atoms with Crippen LogP contribution in [0.4, 0.5) is 10.1 Å². The Morgan fingerprint density at radius 2 is 1.88 bits per heavy atom. The molecule has 26 heavy (non-hydrogen) atoms. The second-order valence-corrected chi connectivity index (χ2v) is 5.45. The van der Waals surface area contributed by atoms with Crippen LogP contribution >= 0.6 is 0 Å². The van der Waals surface area contributed by atoms with Crippen LogP contribution in [0.5, 0.6) is 0 Å². The van der Waals surface area contributed by atoms with Gasteiger partial charge in [0.15, 0.2) is 11.6 Å². The first kappa shape index (κ1) is 15.8. The summed E-state index contributed by atoms with van der Waals surface area (Å²) < 4.78 is 20.2. The second-order valence-electron chi connectivity index (χ2n) is 5.45. The summed E-state index contributed by atoms with van der Waals surface area (Å²) in [6.45, 7) is 0. The average Bonchev–Trinajstić information content (AvgIpc) is 3.35. The van der Waals surface area contributed by atoms with Crippen molar-refractivity contribution >= 4 is 11.6 Å². The lowest BCUT2D eigenvalue weighted by atomic mass is 10.2. The summed E-state index contributed by atoms with van der Waals surface area (Å²) in [6, 6.07) is 14.3. The smallest absolute Gasteiger partial charge is 0.291 e. The quantitative estimate of drug-likeness (QED) is 0.607. The molecule has 3 aromatic heterocycles. The van der Waals surface area contributed by atoms with Crippen molar-refractivity contribution < 1.29 is 13.6 Å². The first-order valence-corrected chi connectivity index (χ1v) is 7.83. The highest BCUT2D eigenvalue weighted by molar-refractivity contribution is 6.03. The standard InChI is InChI=1S/C19H13FN4O2/c20-14-6-4-13(5-7-14)16-8-9-17(26-16)19(25)23-15-3-1-10-21-18(15)24-12-2-11-22-24/h1-12H,(H,23,25). The third-order valence-corrected chi connectivity index (χ3v) is 3.71. The third kappa shape index (κ3) is 3.10. The lowest BCUT2D eigenvalue weighted by Crippen LogP contribution is -2.14. The molecule has 4 aromatic rings. The maximum absolute atomic E-state index is 13.0. The molecule has 0 bridgehead atoms. The SMILES string of the molecule is O=C(Nc1cccnc1-n1cccn1)c1ccc(-c2ccc(F)cc2)o1. The van der Waals surface area contributed by atoms with Crippen LogP contribution in [-0.4, -0.2) is 20.7 Å². The topological polar surface area (TPSA) is 73.0 Å². The lowest BCUT2D eigenvalue weighted by molar-refractivity contribution is 0.0997. The van der Waals surface area contributed by atoms with Gasteiger partial charge in [-0.1, -0.05) is 0 Å². The van der Waals surface area contributed by atoms with E-state index >= 15 is 0 Å². The van der Waals surface area contributed by atoms with Gasteiger partial charge < -0.3 is 9.73 Å². The van der Waals surface area contributed by atoms with Gasteiger partial charge in [0.1, 0.15) is 11.6 Å². The largest absolute Gasteiger partial charge is 0.451 e. The second kappa shape index (κ2) is 6.64. The van der Waals surface area contributed by atoms with Gasteiger partial charge in [-0.2, -0.15) is 5.10 Å². The molecule has 0 unspecified atom stereocenters. The minimum atomic E-state index is -0.417. The Labute approximate surface area is 147 Å². The molecule has 6 nitrogen and oxygen atoms in total. The Balaban J connectivity index is 1.58. The molecule has 0 radical (unpaired) electrons. The Hall–Kier alpha value is -3.74. The van der Waals surface area contributed by atoms with E-state index in [1.54, 1.807) is 65.7 Å². The van der Waals surface area contributed by atoms with Crippen molar-refractivity contribution in [1.29, 1.82) is 0 Å². The van der Waals surface area contributed by atoms with Crippen molar-refractivity contribution in [2.45, 2.75) is 0 Å². The van der Waals surface area contributed by atoms with Gasteiger partial charge in [0.05, 0.1) is 5.69 Å². The van der Waals surface area contributed by atoms with E-state index in [0.717, 1.165) is 0 Å². The maximum atomic E-state index is 13.0. The zero-order valence-electron chi connectivity index (χ0n) is 13.5. The predicted octanol–water partition coefficient (Wildman–Crippen LogP) is 3.92. The van der Waals surface area contributed by atoms with Gasteiger partial charge in [-0.05, 0) is 54.6 Å². The van der Waals surface area contributed by atoms with Gasteiger partial charge in [0.25, 0.3) is 5.91 Å². The molecule has 0 fully saturated rings. The fourth-order valence-corrected chi connectivity index (χ4v) is 2.48. The molecule has 1 N–H and O–H groups in total. The molecule has 7 heteroatoms. The van der Waals surface area contributed by atoms with Crippen LogP contribution in [0.15, 0.2) is 77.6 Å². The number of amides is 1. The molecule has 1 aromatic carbocycles. The maximum Gasteiger partial charge on any atom is 0.291 e. The van der Waals surface area contributed by atoms with Crippen LogP contribution in [-0.2, 0) is 0 Å². The highest BCUT2D eigenvalue weighted by Crippen LogP contribution is 2.24. The summed E-state index contributed by atoms with van der Waals surface area (Å²) in [4.78, 5) is 16.8. The number of anilines is 1. The van der Waals surface area contributed by atoms with Crippen LogP contribution in [0, 0.1) is 5.82 Å². The van der Waals surface area contributed by atoms with E-state index in [2.05, 4.69) is 15.4 Å². The van der Waals surface area contributed by atoms with Gasteiger partial charge >= 0.3 is 0 Å². The number of pyridine rings is 1. The van der Waals surface area contributed by atoms with Crippen LogP contribution in [0.25, 0.3) is 17.1 Å². The minimum absolute atomic E-state index is 0.139. The molecule has 0 spiro atoms. The molecular weight excluding hydrogens is 335 g/mol. The molecule has 0 aliphatic rings. The van der Waals surface area contributed by atoms with Crippen molar-refractivity contribution in [3.63, 3.8) is 0 Å². The summed E-state index contributed by atoms with van der Waals surface area (Å²) in [6.07, 6.45) is 4.98. The van der Waals surface area contributed by atoms with E-state index in [-0.39, 0.29) is 11.6 Å². The van der Waals surface area contributed by atoms with E-state index in [0.29, 0.717) is 22.8 Å². The molecule has 128 valence electrons. The molecule has 0 aliphatic carbocycles. The summed E-state index contributed by atoms with van der Waals surface area (Å²) in [5, 5.41) is 6.90. The van der Waals surface area contributed by atoms with Gasteiger partial charge in [-0.25, -0.2) is 14.1 Å². The van der Waals surface area contributed by atoms with Crippen LogP contribution in [0.2, 0.25) is 0 Å². The monoisotopic (exact) mass is 348 g/mol. The highest BCUT2D eigenvalue weighted by atomic mass is 19.1. The van der Waals surface area contributed by atoms with Gasteiger partial charge in [0, 0.05) is 24.2 Å². The number of aromatic nitrogens is 3. The first-order valence-electron chi connectivity index (χ1n) is 7.83. The summed E-state index contributed by atoms with van der Waals surface area (Å²) >= 11 is 0. The van der Waals surface area contributed by atoms with E-state index < -0.39 is 5.91 Å². The fourth-order valence-electron chi connectivity index (χ4n) is 2.48. The molecule has 1 amide bonds. The molecule has 0 aliphatic heterocycles. The zero-order chi connectivity index (χ0) is 17.9. The number of rotatable bonds is 4. The van der Waals surface area contributed by atoms with Crippen LogP contribution < -0.4 is 5.32 Å². The average molecular weight is 348 g/mol. The number of carbonyl (C=O) groups excluding carboxylic acids is 1. The number of hydrogen-bond donors (Lipinski definition) is 1. The van der Waals surface area contributed by atoms with Gasteiger partial charge in [-0.3, -0.25) is 4.79 Å². The molecule has 0 saturated carbocycles. The Morgan fingerprint density at radius 1 is 1.04 bits per heavy atom. The van der Waals surface area contributed by atoms with Crippen molar-refractivity contribution in [2.75, 3.05) is 5.32 Å². The molecule has 3 heterocycles.